The van der Waals surface area contributed by atoms with Gasteiger partial charge in [0, 0.05) is 24.3 Å². The van der Waals surface area contributed by atoms with Gasteiger partial charge in [0.2, 0.25) is 0 Å². The van der Waals surface area contributed by atoms with E-state index < -0.39 is 6.04 Å². The zero-order chi connectivity index (χ0) is 21.2. The van der Waals surface area contributed by atoms with E-state index in [1.807, 2.05) is 44.2 Å². The fourth-order valence-electron chi connectivity index (χ4n) is 2.95. The number of nitrogens with one attached hydrogen (secondary N) is 2. The first kappa shape index (κ1) is 22.1. The molecule has 6 nitrogen and oxygen atoms in total. The minimum Gasteiger partial charge on any atom is -0.372 e. The molecule has 0 saturated carbocycles. The lowest BCUT2D eigenvalue weighted by atomic mass is 10.0. The van der Waals surface area contributed by atoms with Crippen LogP contribution in [0.1, 0.15) is 43.6 Å². The Kier molecular flexibility index (Phi) is 8.40. The number of hydrazone groups is 1. The summed E-state index contributed by atoms with van der Waals surface area (Å²) in [6.45, 7) is 9.90. The number of carbonyl (C=O) groups is 2. The van der Waals surface area contributed by atoms with Crippen LogP contribution in [-0.4, -0.2) is 37.2 Å². The standard InChI is InChI=1S/C23H30N4O2/c1-5-27(6-2)20-14-12-18(13-15-20)16-24-26-23(29)21(17(3)4)25-22(28)19-10-8-7-9-11-19/h7-17,21H,5-6H2,1-4H3,(H,25,28)(H,26,29)/b24-16+. The Balaban J connectivity index is 1.96. The van der Waals surface area contributed by atoms with E-state index in [2.05, 4.69) is 34.6 Å². The van der Waals surface area contributed by atoms with Crippen molar-refractivity contribution in [1.82, 2.24) is 10.7 Å². The van der Waals surface area contributed by atoms with Gasteiger partial charge < -0.3 is 10.2 Å². The van der Waals surface area contributed by atoms with Crippen LogP contribution in [0.2, 0.25) is 0 Å². The van der Waals surface area contributed by atoms with Gasteiger partial charge in [-0.25, -0.2) is 5.43 Å². The molecule has 0 aliphatic rings. The van der Waals surface area contributed by atoms with Gasteiger partial charge in [-0.15, -0.1) is 0 Å². The number of nitrogens with zero attached hydrogens (tertiary/aromatic N) is 2. The molecular formula is C23H30N4O2. The van der Waals surface area contributed by atoms with Crippen LogP contribution < -0.4 is 15.6 Å². The van der Waals surface area contributed by atoms with Crippen LogP contribution in [0.25, 0.3) is 0 Å². The number of rotatable bonds is 9. The molecule has 154 valence electrons. The second-order valence-corrected chi connectivity index (χ2v) is 7.06. The highest BCUT2D eigenvalue weighted by molar-refractivity contribution is 5.97. The third-order valence-corrected chi connectivity index (χ3v) is 4.68. The Morgan fingerprint density at radius 2 is 1.62 bits per heavy atom. The van der Waals surface area contributed by atoms with E-state index in [1.54, 1.807) is 30.5 Å². The molecule has 0 aliphatic carbocycles. The molecular weight excluding hydrogens is 364 g/mol. The van der Waals surface area contributed by atoms with Crippen molar-refractivity contribution < 1.29 is 9.59 Å². The lowest BCUT2D eigenvalue weighted by Gasteiger charge is -2.21. The fourth-order valence-corrected chi connectivity index (χ4v) is 2.95. The first-order chi connectivity index (χ1) is 14.0. The number of benzene rings is 2. The van der Waals surface area contributed by atoms with Crippen LogP contribution in [0, 0.1) is 5.92 Å². The average molecular weight is 395 g/mol. The number of amides is 2. The molecule has 0 bridgehead atoms. The predicted octanol–water partition coefficient (Wildman–Crippen LogP) is 3.44. The number of carbonyl (C=O) groups excluding carboxylic acids is 2. The van der Waals surface area contributed by atoms with Crippen molar-refractivity contribution in [3.8, 4) is 0 Å². The molecule has 2 aromatic carbocycles. The van der Waals surface area contributed by atoms with Crippen LogP contribution in [0.4, 0.5) is 5.69 Å². The average Bonchev–Trinajstić information content (AvgIpc) is 2.74. The van der Waals surface area contributed by atoms with Crippen LogP contribution in [0.5, 0.6) is 0 Å². The van der Waals surface area contributed by atoms with Crippen molar-refractivity contribution in [3.05, 3.63) is 65.7 Å². The summed E-state index contributed by atoms with van der Waals surface area (Å²) in [5.74, 6) is -0.707. The highest BCUT2D eigenvalue weighted by Crippen LogP contribution is 2.14. The molecule has 1 unspecified atom stereocenters. The second kappa shape index (κ2) is 11.0. The van der Waals surface area contributed by atoms with Crippen molar-refractivity contribution >= 4 is 23.7 Å². The number of hydrogen-bond donors (Lipinski definition) is 2. The highest BCUT2D eigenvalue weighted by atomic mass is 16.2. The zero-order valence-electron chi connectivity index (χ0n) is 17.6. The van der Waals surface area contributed by atoms with Crippen LogP contribution >= 0.6 is 0 Å². The minimum atomic E-state index is -0.676. The molecule has 2 amide bonds. The quantitative estimate of drug-likeness (QED) is 0.505. The summed E-state index contributed by atoms with van der Waals surface area (Å²) in [7, 11) is 0. The van der Waals surface area contributed by atoms with Gasteiger partial charge in [0.25, 0.3) is 11.8 Å². The first-order valence-electron chi connectivity index (χ1n) is 10.00. The molecule has 2 rings (SSSR count). The van der Waals surface area contributed by atoms with Gasteiger partial charge in [-0.1, -0.05) is 44.2 Å². The maximum absolute atomic E-state index is 12.5. The molecule has 0 radical (unpaired) electrons. The summed E-state index contributed by atoms with van der Waals surface area (Å²) in [5, 5.41) is 6.83. The maximum atomic E-state index is 12.5. The lowest BCUT2D eigenvalue weighted by Crippen LogP contribution is -2.48. The van der Waals surface area contributed by atoms with Gasteiger partial charge >= 0.3 is 0 Å². The SMILES string of the molecule is CCN(CC)c1ccc(/C=N/NC(=O)C(NC(=O)c2ccccc2)C(C)C)cc1. The van der Waals surface area contributed by atoms with E-state index in [4.69, 9.17) is 0 Å². The summed E-state index contributed by atoms with van der Waals surface area (Å²) in [6, 6.07) is 16.2. The van der Waals surface area contributed by atoms with Gasteiger partial charge in [-0.05, 0) is 49.6 Å². The topological polar surface area (TPSA) is 73.8 Å². The van der Waals surface area contributed by atoms with Crippen LogP contribution in [-0.2, 0) is 4.79 Å². The van der Waals surface area contributed by atoms with Crippen LogP contribution in [0.3, 0.4) is 0 Å². The molecule has 0 spiro atoms. The van der Waals surface area contributed by atoms with Gasteiger partial charge in [0.15, 0.2) is 0 Å². The Labute approximate surface area is 173 Å². The van der Waals surface area contributed by atoms with Crippen molar-refractivity contribution in [1.29, 1.82) is 0 Å². The number of anilines is 1. The summed E-state index contributed by atoms with van der Waals surface area (Å²) in [4.78, 5) is 27.1. The molecule has 0 aromatic heterocycles. The molecule has 29 heavy (non-hydrogen) atoms. The van der Waals surface area contributed by atoms with Gasteiger partial charge in [0.05, 0.1) is 6.21 Å². The normalized spacial score (nSPS) is 12.0. The molecule has 0 fully saturated rings. The molecule has 0 saturated heterocycles. The number of hydrogen-bond acceptors (Lipinski definition) is 4. The van der Waals surface area contributed by atoms with E-state index >= 15 is 0 Å². The molecule has 0 heterocycles. The van der Waals surface area contributed by atoms with Gasteiger partial charge in [-0.2, -0.15) is 5.10 Å². The van der Waals surface area contributed by atoms with E-state index in [1.165, 1.54) is 0 Å². The highest BCUT2D eigenvalue weighted by Gasteiger charge is 2.24. The fraction of sp³-hybridized carbons (Fsp3) is 0.348. The van der Waals surface area contributed by atoms with E-state index in [0.29, 0.717) is 5.56 Å². The Hall–Kier alpha value is -3.15. The molecule has 2 aromatic rings. The van der Waals surface area contributed by atoms with E-state index in [-0.39, 0.29) is 17.7 Å². The van der Waals surface area contributed by atoms with Crippen molar-refractivity contribution in [2.75, 3.05) is 18.0 Å². The van der Waals surface area contributed by atoms with Crippen molar-refractivity contribution in [2.45, 2.75) is 33.7 Å². The minimum absolute atomic E-state index is 0.0776. The zero-order valence-corrected chi connectivity index (χ0v) is 17.6. The second-order valence-electron chi connectivity index (χ2n) is 7.06. The third-order valence-electron chi connectivity index (χ3n) is 4.68. The monoisotopic (exact) mass is 394 g/mol. The summed E-state index contributed by atoms with van der Waals surface area (Å²) >= 11 is 0. The largest absolute Gasteiger partial charge is 0.372 e. The summed E-state index contributed by atoms with van der Waals surface area (Å²) in [6.07, 6.45) is 1.60. The predicted molar refractivity (Wildman–Crippen MR) is 118 cm³/mol. The Morgan fingerprint density at radius 1 is 1.00 bits per heavy atom. The first-order valence-corrected chi connectivity index (χ1v) is 10.00. The molecule has 2 N–H and O–H groups in total. The lowest BCUT2D eigenvalue weighted by molar-refractivity contribution is -0.123. The van der Waals surface area contributed by atoms with E-state index in [0.717, 1.165) is 24.3 Å². The maximum Gasteiger partial charge on any atom is 0.262 e. The van der Waals surface area contributed by atoms with Crippen molar-refractivity contribution in [3.63, 3.8) is 0 Å². The summed E-state index contributed by atoms with van der Waals surface area (Å²) < 4.78 is 0. The molecule has 6 heteroatoms. The van der Waals surface area contributed by atoms with Gasteiger partial charge in [-0.3, -0.25) is 9.59 Å². The van der Waals surface area contributed by atoms with Crippen molar-refractivity contribution in [2.24, 2.45) is 11.0 Å². The molecule has 0 aliphatic heterocycles. The van der Waals surface area contributed by atoms with Gasteiger partial charge in [0.1, 0.15) is 6.04 Å². The smallest absolute Gasteiger partial charge is 0.262 e. The third kappa shape index (κ3) is 6.45. The van der Waals surface area contributed by atoms with Crippen LogP contribution in [0.15, 0.2) is 59.7 Å². The van der Waals surface area contributed by atoms with E-state index in [9.17, 15) is 9.59 Å². The summed E-state index contributed by atoms with van der Waals surface area (Å²) in [5.41, 5.74) is 5.09. The Morgan fingerprint density at radius 3 is 2.17 bits per heavy atom. The Bertz CT molecular complexity index is 813. The molecule has 1 atom stereocenters.